The van der Waals surface area contributed by atoms with E-state index in [0.29, 0.717) is 10.6 Å². The van der Waals surface area contributed by atoms with E-state index in [1.54, 1.807) is 0 Å². The highest BCUT2D eigenvalue weighted by Crippen LogP contribution is 2.22. The molecule has 0 saturated heterocycles. The Labute approximate surface area is 126 Å². The maximum absolute atomic E-state index is 12.0. The topological polar surface area (TPSA) is 72.2 Å². The Hall–Kier alpha value is -0.830. The molecule has 0 heterocycles. The molecule has 120 valence electrons. The fourth-order valence-electron chi connectivity index (χ4n) is 1.62. The second kappa shape index (κ2) is 7.44. The van der Waals surface area contributed by atoms with E-state index < -0.39 is 22.6 Å². The van der Waals surface area contributed by atoms with E-state index in [1.807, 2.05) is 0 Å². The number of halogens is 4. The third kappa shape index (κ3) is 6.21. The van der Waals surface area contributed by atoms with Crippen LogP contribution in [0.5, 0.6) is 0 Å². The molecular formula is C12H16ClF3N2O2S. The van der Waals surface area contributed by atoms with Crippen LogP contribution >= 0.6 is 11.6 Å². The van der Waals surface area contributed by atoms with Crippen molar-refractivity contribution in [3.8, 4) is 0 Å². The molecule has 0 radical (unpaired) electrons. The molecule has 9 heteroatoms. The van der Waals surface area contributed by atoms with Crippen LogP contribution < -0.4 is 10.5 Å². The molecule has 0 aliphatic heterocycles. The van der Waals surface area contributed by atoms with Crippen molar-refractivity contribution < 1.29 is 21.6 Å². The van der Waals surface area contributed by atoms with Crippen LogP contribution in [0.25, 0.3) is 0 Å². The van der Waals surface area contributed by atoms with Gasteiger partial charge in [0.25, 0.3) is 0 Å². The summed E-state index contributed by atoms with van der Waals surface area (Å²) in [6.45, 7) is 0.0345. The highest BCUT2D eigenvalue weighted by atomic mass is 35.5. The van der Waals surface area contributed by atoms with Gasteiger partial charge in [0.2, 0.25) is 10.0 Å². The van der Waals surface area contributed by atoms with Crippen molar-refractivity contribution in [1.82, 2.24) is 4.72 Å². The van der Waals surface area contributed by atoms with E-state index in [0.717, 1.165) is 0 Å². The highest BCUT2D eigenvalue weighted by molar-refractivity contribution is 7.89. The molecule has 1 aromatic carbocycles. The van der Waals surface area contributed by atoms with Crippen molar-refractivity contribution >= 4 is 21.6 Å². The third-order valence-corrected chi connectivity index (χ3v) is 4.55. The molecule has 4 nitrogen and oxygen atoms in total. The Bertz CT molecular complexity index is 576. The summed E-state index contributed by atoms with van der Waals surface area (Å²) < 4.78 is 62.0. The van der Waals surface area contributed by atoms with Gasteiger partial charge in [-0.3, -0.25) is 0 Å². The second-order valence-electron chi connectivity index (χ2n) is 4.43. The number of nitrogens with one attached hydrogen (secondary N) is 1. The number of nitrogens with two attached hydrogens (primary N) is 1. The molecule has 0 atom stereocenters. The zero-order valence-corrected chi connectivity index (χ0v) is 12.7. The number of hydrogen-bond donors (Lipinski definition) is 2. The lowest BCUT2D eigenvalue weighted by Crippen LogP contribution is -2.25. The van der Waals surface area contributed by atoms with Gasteiger partial charge in [-0.05, 0) is 36.6 Å². The van der Waals surface area contributed by atoms with E-state index in [2.05, 4.69) is 4.72 Å². The lowest BCUT2D eigenvalue weighted by molar-refractivity contribution is -0.135. The summed E-state index contributed by atoms with van der Waals surface area (Å²) in [6, 6.07) is 4.09. The largest absolute Gasteiger partial charge is 0.389 e. The van der Waals surface area contributed by atoms with Crippen LogP contribution in [0.4, 0.5) is 13.2 Å². The lowest BCUT2D eigenvalue weighted by atomic mass is 10.2. The Balaban J connectivity index is 2.58. The van der Waals surface area contributed by atoms with Crippen LogP contribution in [0, 0.1) is 0 Å². The van der Waals surface area contributed by atoms with Crippen LogP contribution in [0.3, 0.4) is 0 Å². The van der Waals surface area contributed by atoms with Crippen LogP contribution in [0.2, 0.25) is 5.02 Å². The Morgan fingerprint density at radius 1 is 1.24 bits per heavy atom. The summed E-state index contributed by atoms with van der Waals surface area (Å²) in [5.74, 6) is 0. The summed E-state index contributed by atoms with van der Waals surface area (Å²) in [4.78, 5) is -0.0110. The Morgan fingerprint density at radius 3 is 2.48 bits per heavy atom. The van der Waals surface area contributed by atoms with E-state index in [4.69, 9.17) is 17.3 Å². The molecule has 1 rings (SSSR count). The zero-order valence-electron chi connectivity index (χ0n) is 11.1. The third-order valence-electron chi connectivity index (χ3n) is 2.73. The number of benzene rings is 1. The SMILES string of the molecule is NCc1cc(S(=O)(=O)NCCCCC(F)(F)F)ccc1Cl. The first-order valence-corrected chi connectivity index (χ1v) is 8.07. The standard InChI is InChI=1S/C12H16ClF3N2O2S/c13-11-4-3-10(7-9(11)8-17)21(19,20)18-6-2-1-5-12(14,15)16/h3-4,7,18H,1-2,5-6,8,17H2. The fraction of sp³-hybridized carbons (Fsp3) is 0.500. The average molecular weight is 345 g/mol. The minimum absolute atomic E-state index is 0.0110. The molecule has 0 aromatic heterocycles. The molecule has 0 bridgehead atoms. The second-order valence-corrected chi connectivity index (χ2v) is 6.60. The van der Waals surface area contributed by atoms with Gasteiger partial charge in [0.1, 0.15) is 0 Å². The van der Waals surface area contributed by atoms with Crippen LogP contribution in [0.1, 0.15) is 24.8 Å². The summed E-state index contributed by atoms with van der Waals surface area (Å²) in [5.41, 5.74) is 5.92. The van der Waals surface area contributed by atoms with Gasteiger partial charge in [0.05, 0.1) is 4.90 Å². The molecule has 0 aliphatic rings. The Kier molecular flexibility index (Phi) is 6.45. The van der Waals surface area contributed by atoms with Crippen LogP contribution in [-0.4, -0.2) is 21.1 Å². The van der Waals surface area contributed by atoms with E-state index in [9.17, 15) is 21.6 Å². The van der Waals surface area contributed by atoms with E-state index in [-0.39, 0.29) is 30.8 Å². The van der Waals surface area contributed by atoms with Gasteiger partial charge in [-0.25, -0.2) is 13.1 Å². The van der Waals surface area contributed by atoms with Crippen LogP contribution in [0.15, 0.2) is 23.1 Å². The summed E-state index contributed by atoms with van der Waals surface area (Å²) in [5, 5.41) is 0.363. The first-order chi connectivity index (χ1) is 9.65. The predicted molar refractivity (Wildman–Crippen MR) is 74.4 cm³/mol. The highest BCUT2D eigenvalue weighted by Gasteiger charge is 2.26. The van der Waals surface area contributed by atoms with Crippen molar-refractivity contribution in [1.29, 1.82) is 0 Å². The summed E-state index contributed by atoms with van der Waals surface area (Å²) in [6.07, 6.45) is -5.16. The average Bonchev–Trinajstić information content (AvgIpc) is 2.37. The predicted octanol–water partition coefficient (Wildman–Crippen LogP) is 2.81. The first kappa shape index (κ1) is 18.2. The molecule has 0 fully saturated rings. The summed E-state index contributed by atoms with van der Waals surface area (Å²) in [7, 11) is -3.77. The zero-order chi connectivity index (χ0) is 16.1. The van der Waals surface area contributed by atoms with E-state index in [1.165, 1.54) is 18.2 Å². The monoisotopic (exact) mass is 344 g/mol. The van der Waals surface area contributed by atoms with Gasteiger partial charge < -0.3 is 5.73 Å². The normalized spacial score (nSPS) is 12.6. The number of alkyl halides is 3. The smallest absolute Gasteiger partial charge is 0.326 e. The van der Waals surface area contributed by atoms with Gasteiger partial charge in [-0.15, -0.1) is 0 Å². The van der Waals surface area contributed by atoms with Gasteiger partial charge in [-0.2, -0.15) is 13.2 Å². The number of hydrogen-bond acceptors (Lipinski definition) is 3. The fourth-order valence-corrected chi connectivity index (χ4v) is 2.93. The molecule has 0 spiro atoms. The van der Waals surface area contributed by atoms with Crippen molar-refractivity contribution in [3.05, 3.63) is 28.8 Å². The van der Waals surface area contributed by atoms with Crippen molar-refractivity contribution in [2.45, 2.75) is 36.9 Å². The van der Waals surface area contributed by atoms with E-state index >= 15 is 0 Å². The molecule has 0 saturated carbocycles. The van der Waals surface area contributed by atoms with Gasteiger partial charge in [-0.1, -0.05) is 11.6 Å². The maximum Gasteiger partial charge on any atom is 0.389 e. The van der Waals surface area contributed by atoms with Crippen molar-refractivity contribution in [2.24, 2.45) is 5.73 Å². The Morgan fingerprint density at radius 2 is 1.90 bits per heavy atom. The maximum atomic E-state index is 12.0. The molecule has 0 amide bonds. The van der Waals surface area contributed by atoms with Crippen molar-refractivity contribution in [3.63, 3.8) is 0 Å². The molecular weight excluding hydrogens is 329 g/mol. The lowest BCUT2D eigenvalue weighted by Gasteiger charge is -2.09. The molecule has 3 N–H and O–H groups in total. The minimum atomic E-state index is -4.22. The molecule has 0 aliphatic carbocycles. The molecule has 1 aromatic rings. The van der Waals surface area contributed by atoms with Crippen molar-refractivity contribution in [2.75, 3.05) is 6.54 Å². The summed E-state index contributed by atoms with van der Waals surface area (Å²) >= 11 is 5.83. The molecule has 0 unspecified atom stereocenters. The van der Waals surface area contributed by atoms with Gasteiger partial charge in [0.15, 0.2) is 0 Å². The van der Waals surface area contributed by atoms with Crippen LogP contribution in [-0.2, 0) is 16.6 Å². The van der Waals surface area contributed by atoms with Gasteiger partial charge >= 0.3 is 6.18 Å². The number of rotatable bonds is 7. The quantitative estimate of drug-likeness (QED) is 0.747. The first-order valence-electron chi connectivity index (χ1n) is 6.20. The number of unbranched alkanes of at least 4 members (excludes halogenated alkanes) is 1. The molecule has 21 heavy (non-hydrogen) atoms. The number of sulfonamides is 1. The van der Waals surface area contributed by atoms with Gasteiger partial charge in [0, 0.05) is 24.5 Å². The minimum Gasteiger partial charge on any atom is -0.326 e.